The van der Waals surface area contributed by atoms with Crippen LogP contribution in [0.5, 0.6) is 5.75 Å². The number of ether oxygens (including phenoxy) is 1. The molecule has 1 aromatic carbocycles. The van der Waals surface area contributed by atoms with Crippen LogP contribution in [0.2, 0.25) is 0 Å². The van der Waals surface area contributed by atoms with Gasteiger partial charge in [-0.25, -0.2) is 0 Å². The standard InChI is InChI=1S/C14H16O2S/c1-9-8-11(16-3)5-6-12(9)14(15)13-7-4-10(2)17-13/h4-8,14-15H,1-3H3/t14-/m1/s1. The molecule has 0 aliphatic rings. The van der Waals surface area contributed by atoms with Gasteiger partial charge in [-0.3, -0.25) is 0 Å². The van der Waals surface area contributed by atoms with Gasteiger partial charge < -0.3 is 9.84 Å². The van der Waals surface area contributed by atoms with Crippen LogP contribution in [0.1, 0.15) is 27.0 Å². The Kier molecular flexibility index (Phi) is 3.50. The van der Waals surface area contributed by atoms with E-state index in [9.17, 15) is 5.11 Å². The first kappa shape index (κ1) is 12.1. The zero-order valence-corrected chi connectivity index (χ0v) is 11.0. The SMILES string of the molecule is COc1ccc([C@@H](O)c2ccc(C)s2)c(C)c1. The highest BCUT2D eigenvalue weighted by molar-refractivity contribution is 7.12. The fourth-order valence-corrected chi connectivity index (χ4v) is 2.72. The van der Waals surface area contributed by atoms with E-state index in [4.69, 9.17) is 4.74 Å². The summed E-state index contributed by atoms with van der Waals surface area (Å²) in [6, 6.07) is 9.76. The van der Waals surface area contributed by atoms with Gasteiger partial charge in [0.15, 0.2) is 0 Å². The summed E-state index contributed by atoms with van der Waals surface area (Å²) in [5.74, 6) is 0.820. The highest BCUT2D eigenvalue weighted by Crippen LogP contribution is 2.31. The number of aryl methyl sites for hydroxylation is 2. The number of benzene rings is 1. The van der Waals surface area contributed by atoms with Gasteiger partial charge in [-0.2, -0.15) is 0 Å². The Bertz CT molecular complexity index is 517. The number of aliphatic hydroxyl groups is 1. The molecule has 0 aliphatic carbocycles. The molecule has 2 aromatic rings. The maximum absolute atomic E-state index is 10.3. The quantitative estimate of drug-likeness (QED) is 0.901. The molecule has 90 valence electrons. The predicted molar refractivity (Wildman–Crippen MR) is 70.8 cm³/mol. The molecule has 2 rings (SSSR count). The number of aliphatic hydroxyl groups excluding tert-OH is 1. The Morgan fingerprint density at radius 1 is 1.18 bits per heavy atom. The Morgan fingerprint density at radius 3 is 2.47 bits per heavy atom. The Hall–Kier alpha value is -1.32. The van der Waals surface area contributed by atoms with E-state index >= 15 is 0 Å². The fourth-order valence-electron chi connectivity index (χ4n) is 1.84. The van der Waals surface area contributed by atoms with Gasteiger partial charge in [0.25, 0.3) is 0 Å². The number of methoxy groups -OCH3 is 1. The lowest BCUT2D eigenvalue weighted by Gasteiger charge is -2.13. The van der Waals surface area contributed by atoms with Crippen molar-refractivity contribution in [1.29, 1.82) is 0 Å². The van der Waals surface area contributed by atoms with Crippen LogP contribution in [0, 0.1) is 13.8 Å². The molecule has 17 heavy (non-hydrogen) atoms. The predicted octanol–water partition coefficient (Wildman–Crippen LogP) is 3.46. The van der Waals surface area contributed by atoms with Gasteiger partial charge in [0.1, 0.15) is 11.9 Å². The van der Waals surface area contributed by atoms with Gasteiger partial charge in [-0.05, 0) is 49.2 Å². The van der Waals surface area contributed by atoms with Crippen molar-refractivity contribution in [2.45, 2.75) is 20.0 Å². The van der Waals surface area contributed by atoms with E-state index in [1.807, 2.05) is 44.2 Å². The van der Waals surface area contributed by atoms with E-state index < -0.39 is 6.10 Å². The van der Waals surface area contributed by atoms with E-state index in [1.54, 1.807) is 18.4 Å². The van der Waals surface area contributed by atoms with E-state index in [-0.39, 0.29) is 0 Å². The number of rotatable bonds is 3. The molecule has 2 nitrogen and oxygen atoms in total. The molecule has 1 aromatic heterocycles. The highest BCUT2D eigenvalue weighted by atomic mass is 32.1. The smallest absolute Gasteiger partial charge is 0.119 e. The minimum absolute atomic E-state index is 0.542. The first-order valence-electron chi connectivity index (χ1n) is 5.50. The molecular weight excluding hydrogens is 232 g/mol. The van der Waals surface area contributed by atoms with Crippen LogP contribution in [0.4, 0.5) is 0 Å². The Morgan fingerprint density at radius 2 is 1.94 bits per heavy atom. The van der Waals surface area contributed by atoms with Crippen LogP contribution >= 0.6 is 11.3 Å². The molecule has 1 N–H and O–H groups in total. The van der Waals surface area contributed by atoms with Crippen molar-refractivity contribution in [3.63, 3.8) is 0 Å². The minimum atomic E-state index is -0.542. The molecule has 0 unspecified atom stereocenters. The van der Waals surface area contributed by atoms with Crippen molar-refractivity contribution in [3.8, 4) is 5.75 Å². The Balaban J connectivity index is 2.34. The van der Waals surface area contributed by atoms with Crippen molar-refractivity contribution in [2.24, 2.45) is 0 Å². The summed E-state index contributed by atoms with van der Waals surface area (Å²) in [5, 5.41) is 10.3. The maximum Gasteiger partial charge on any atom is 0.119 e. The third-order valence-corrected chi connectivity index (χ3v) is 3.86. The third-order valence-electron chi connectivity index (χ3n) is 2.80. The van der Waals surface area contributed by atoms with Crippen LogP contribution in [0.25, 0.3) is 0 Å². The normalized spacial score (nSPS) is 12.5. The first-order chi connectivity index (χ1) is 8.11. The summed E-state index contributed by atoms with van der Waals surface area (Å²) in [6.45, 7) is 4.03. The number of hydrogen-bond donors (Lipinski definition) is 1. The van der Waals surface area contributed by atoms with Crippen LogP contribution in [0.15, 0.2) is 30.3 Å². The largest absolute Gasteiger partial charge is 0.497 e. The molecular formula is C14H16O2S. The van der Waals surface area contributed by atoms with Gasteiger partial charge in [0.2, 0.25) is 0 Å². The van der Waals surface area contributed by atoms with Gasteiger partial charge >= 0.3 is 0 Å². The van der Waals surface area contributed by atoms with Gasteiger partial charge in [0.05, 0.1) is 7.11 Å². The second kappa shape index (κ2) is 4.90. The average Bonchev–Trinajstić information content (AvgIpc) is 2.75. The molecule has 1 atom stereocenters. The molecule has 0 fully saturated rings. The summed E-state index contributed by atoms with van der Waals surface area (Å²) < 4.78 is 5.16. The summed E-state index contributed by atoms with van der Waals surface area (Å²) in [7, 11) is 1.65. The van der Waals surface area contributed by atoms with E-state index in [0.29, 0.717) is 0 Å². The van der Waals surface area contributed by atoms with Crippen molar-refractivity contribution < 1.29 is 9.84 Å². The lowest BCUT2D eigenvalue weighted by molar-refractivity contribution is 0.223. The van der Waals surface area contributed by atoms with Crippen molar-refractivity contribution >= 4 is 11.3 Å². The summed E-state index contributed by atoms with van der Waals surface area (Å²) in [5.41, 5.74) is 1.98. The molecule has 1 heterocycles. The second-order valence-electron chi connectivity index (χ2n) is 4.07. The molecule has 0 spiro atoms. The van der Waals surface area contributed by atoms with Gasteiger partial charge in [-0.1, -0.05) is 6.07 Å². The fraction of sp³-hybridized carbons (Fsp3) is 0.286. The third kappa shape index (κ3) is 2.51. The van der Waals surface area contributed by atoms with Crippen molar-refractivity contribution in [1.82, 2.24) is 0 Å². The average molecular weight is 248 g/mol. The van der Waals surface area contributed by atoms with Crippen molar-refractivity contribution in [2.75, 3.05) is 7.11 Å². The summed E-state index contributed by atoms with van der Waals surface area (Å²) >= 11 is 1.63. The molecule has 0 saturated heterocycles. The first-order valence-corrected chi connectivity index (χ1v) is 6.32. The zero-order chi connectivity index (χ0) is 12.4. The molecule has 0 radical (unpaired) electrons. The van der Waals surface area contributed by atoms with E-state index in [1.165, 1.54) is 4.88 Å². The van der Waals surface area contributed by atoms with E-state index in [0.717, 1.165) is 21.8 Å². The number of thiophene rings is 1. The molecule has 0 saturated carbocycles. The molecule has 0 aliphatic heterocycles. The van der Waals surface area contributed by atoms with Gasteiger partial charge in [-0.15, -0.1) is 11.3 Å². The minimum Gasteiger partial charge on any atom is -0.497 e. The lowest BCUT2D eigenvalue weighted by atomic mass is 10.0. The van der Waals surface area contributed by atoms with Crippen LogP contribution < -0.4 is 4.74 Å². The lowest BCUT2D eigenvalue weighted by Crippen LogP contribution is -2.00. The topological polar surface area (TPSA) is 29.5 Å². The maximum atomic E-state index is 10.3. The molecule has 3 heteroatoms. The zero-order valence-electron chi connectivity index (χ0n) is 10.2. The monoisotopic (exact) mass is 248 g/mol. The highest BCUT2D eigenvalue weighted by Gasteiger charge is 2.14. The van der Waals surface area contributed by atoms with Crippen molar-refractivity contribution in [3.05, 3.63) is 51.2 Å². The second-order valence-corrected chi connectivity index (χ2v) is 5.39. The molecule has 0 bridgehead atoms. The van der Waals surface area contributed by atoms with E-state index in [2.05, 4.69) is 0 Å². The summed E-state index contributed by atoms with van der Waals surface area (Å²) in [4.78, 5) is 2.20. The molecule has 0 amide bonds. The van der Waals surface area contributed by atoms with Crippen LogP contribution in [0.3, 0.4) is 0 Å². The number of hydrogen-bond acceptors (Lipinski definition) is 3. The Labute approximate surface area is 105 Å². The van der Waals surface area contributed by atoms with Crippen LogP contribution in [-0.2, 0) is 0 Å². The summed E-state index contributed by atoms with van der Waals surface area (Å²) in [6.07, 6.45) is -0.542. The van der Waals surface area contributed by atoms with Crippen LogP contribution in [-0.4, -0.2) is 12.2 Å². The van der Waals surface area contributed by atoms with Gasteiger partial charge in [0, 0.05) is 9.75 Å².